The molecule has 0 fully saturated rings. The van der Waals surface area contributed by atoms with Crippen LogP contribution in [0.4, 0.5) is 10.5 Å². The van der Waals surface area contributed by atoms with E-state index in [-0.39, 0.29) is 0 Å². The third kappa shape index (κ3) is 5.10. The van der Waals surface area contributed by atoms with Crippen LogP contribution in [0, 0.1) is 13.8 Å². The highest BCUT2D eigenvalue weighted by molar-refractivity contribution is 6.01. The molecule has 0 aliphatic heterocycles. The molecule has 148 valence electrons. The number of aryl methyl sites for hydroxylation is 2. The van der Waals surface area contributed by atoms with Crippen molar-refractivity contribution in [3.63, 3.8) is 0 Å². The zero-order valence-electron chi connectivity index (χ0n) is 16.4. The van der Waals surface area contributed by atoms with E-state index >= 15 is 0 Å². The third-order valence-electron chi connectivity index (χ3n) is 4.24. The predicted octanol–water partition coefficient (Wildman–Crippen LogP) is 3.84. The van der Waals surface area contributed by atoms with Gasteiger partial charge < -0.3 is 10.1 Å². The molecule has 0 spiro atoms. The number of amides is 3. The number of hydrogen-bond acceptors (Lipinski definition) is 4. The van der Waals surface area contributed by atoms with Crippen LogP contribution in [-0.4, -0.2) is 24.0 Å². The lowest BCUT2D eigenvalue weighted by Crippen LogP contribution is -2.44. The minimum atomic E-state index is -0.548. The van der Waals surface area contributed by atoms with Crippen LogP contribution < -0.4 is 20.9 Å². The van der Waals surface area contributed by atoms with Gasteiger partial charge in [0.25, 0.3) is 5.91 Å². The first kappa shape index (κ1) is 19.9. The number of urea groups is 1. The molecule has 29 heavy (non-hydrogen) atoms. The van der Waals surface area contributed by atoms with Gasteiger partial charge in [-0.05, 0) is 62.4 Å². The fourth-order valence-electron chi connectivity index (χ4n) is 2.69. The molecule has 3 rings (SSSR count). The van der Waals surface area contributed by atoms with E-state index in [2.05, 4.69) is 21.2 Å². The van der Waals surface area contributed by atoms with Crippen molar-refractivity contribution in [2.24, 2.45) is 0 Å². The summed E-state index contributed by atoms with van der Waals surface area (Å²) in [5.74, 6) is 0.240. The lowest BCUT2D eigenvalue weighted by atomic mass is 10.0. The minimum absolute atomic E-state index is 0.344. The van der Waals surface area contributed by atoms with E-state index in [9.17, 15) is 9.59 Å². The molecule has 3 aromatic rings. The Hall–Kier alpha value is -3.87. The number of carbonyl (C=O) groups excluding carboxylic acids is 2. The average molecular weight is 390 g/mol. The van der Waals surface area contributed by atoms with Crippen molar-refractivity contribution in [1.82, 2.24) is 15.8 Å². The normalized spacial score (nSPS) is 10.2. The molecule has 7 heteroatoms. The van der Waals surface area contributed by atoms with Gasteiger partial charge in [-0.15, -0.1) is 0 Å². The highest BCUT2D eigenvalue weighted by atomic mass is 16.5. The maximum absolute atomic E-state index is 12.7. The number of hydrazine groups is 1. The van der Waals surface area contributed by atoms with Crippen molar-refractivity contribution in [2.45, 2.75) is 13.8 Å². The quantitative estimate of drug-likeness (QED) is 0.590. The number of anilines is 1. The number of benzene rings is 2. The second-order valence-electron chi connectivity index (χ2n) is 6.48. The lowest BCUT2D eigenvalue weighted by Gasteiger charge is -2.12. The fraction of sp³-hybridized carbons (Fsp3) is 0.136. The molecule has 1 aromatic heterocycles. The topological polar surface area (TPSA) is 92.3 Å². The molecule has 1 heterocycles. The van der Waals surface area contributed by atoms with Crippen LogP contribution in [0.5, 0.6) is 5.75 Å². The maximum atomic E-state index is 12.7. The predicted molar refractivity (Wildman–Crippen MR) is 112 cm³/mol. The van der Waals surface area contributed by atoms with Gasteiger partial charge in [-0.3, -0.25) is 15.2 Å². The summed E-state index contributed by atoms with van der Waals surface area (Å²) in [6, 6.07) is 17.5. The first-order valence-corrected chi connectivity index (χ1v) is 9.02. The van der Waals surface area contributed by atoms with Gasteiger partial charge in [0.1, 0.15) is 5.75 Å². The summed E-state index contributed by atoms with van der Waals surface area (Å²) < 4.78 is 5.17. The second-order valence-corrected chi connectivity index (χ2v) is 6.48. The van der Waals surface area contributed by atoms with Gasteiger partial charge in [-0.1, -0.05) is 17.7 Å². The van der Waals surface area contributed by atoms with Crippen molar-refractivity contribution in [3.8, 4) is 17.0 Å². The van der Waals surface area contributed by atoms with E-state index in [0.717, 1.165) is 16.8 Å². The number of nitrogens with one attached hydrogen (secondary N) is 3. The molecule has 0 unspecified atom stereocenters. The summed E-state index contributed by atoms with van der Waals surface area (Å²) in [5, 5.41) is 2.65. The number of nitrogens with zero attached hydrogens (tertiary/aromatic N) is 1. The SMILES string of the molecule is COc1ccc(-c2nc(C)ccc2C(=O)NNC(=O)Nc2ccc(C)cc2)cc1. The number of methoxy groups -OCH3 is 1. The molecule has 3 amide bonds. The molecule has 0 saturated heterocycles. The van der Waals surface area contributed by atoms with Crippen LogP contribution in [0.25, 0.3) is 11.3 Å². The molecule has 0 aliphatic rings. The van der Waals surface area contributed by atoms with Crippen LogP contribution in [0.3, 0.4) is 0 Å². The van der Waals surface area contributed by atoms with E-state index in [1.54, 1.807) is 43.5 Å². The Kier molecular flexibility index (Phi) is 6.09. The molecule has 0 saturated carbocycles. The Bertz CT molecular complexity index is 1020. The van der Waals surface area contributed by atoms with Gasteiger partial charge >= 0.3 is 6.03 Å². The molecule has 0 bridgehead atoms. The van der Waals surface area contributed by atoms with E-state index in [1.807, 2.05) is 38.1 Å². The van der Waals surface area contributed by atoms with Crippen molar-refractivity contribution < 1.29 is 14.3 Å². The Labute approximate surface area is 169 Å². The monoisotopic (exact) mass is 390 g/mol. The maximum Gasteiger partial charge on any atom is 0.337 e. The summed E-state index contributed by atoms with van der Waals surface area (Å²) in [6.45, 7) is 3.81. The zero-order chi connectivity index (χ0) is 20.8. The highest BCUT2D eigenvalue weighted by Crippen LogP contribution is 2.24. The fourth-order valence-corrected chi connectivity index (χ4v) is 2.69. The van der Waals surface area contributed by atoms with Crippen LogP contribution in [0.15, 0.2) is 60.7 Å². The smallest absolute Gasteiger partial charge is 0.337 e. The largest absolute Gasteiger partial charge is 0.497 e. The summed E-state index contributed by atoms with van der Waals surface area (Å²) in [5.41, 5.74) is 8.89. The Balaban J connectivity index is 1.71. The van der Waals surface area contributed by atoms with E-state index in [1.165, 1.54) is 0 Å². The van der Waals surface area contributed by atoms with Crippen molar-refractivity contribution in [2.75, 3.05) is 12.4 Å². The van der Waals surface area contributed by atoms with Crippen LogP contribution in [-0.2, 0) is 0 Å². The van der Waals surface area contributed by atoms with Gasteiger partial charge in [0, 0.05) is 16.9 Å². The number of hydrogen-bond donors (Lipinski definition) is 3. The molecule has 0 atom stereocenters. The molecule has 2 aromatic carbocycles. The first-order valence-electron chi connectivity index (χ1n) is 9.02. The summed E-state index contributed by atoms with van der Waals surface area (Å²) in [4.78, 5) is 29.2. The average Bonchev–Trinajstić information content (AvgIpc) is 2.73. The third-order valence-corrected chi connectivity index (χ3v) is 4.24. The number of ether oxygens (including phenoxy) is 1. The van der Waals surface area contributed by atoms with Gasteiger partial charge in [0.2, 0.25) is 0 Å². The number of carbonyl (C=O) groups is 2. The van der Waals surface area contributed by atoms with Gasteiger partial charge in [0.05, 0.1) is 18.4 Å². The van der Waals surface area contributed by atoms with E-state index in [4.69, 9.17) is 4.74 Å². The van der Waals surface area contributed by atoms with Gasteiger partial charge in [-0.25, -0.2) is 10.2 Å². The van der Waals surface area contributed by atoms with Crippen LogP contribution in [0.2, 0.25) is 0 Å². The van der Waals surface area contributed by atoms with E-state index < -0.39 is 11.9 Å². The molecular weight excluding hydrogens is 368 g/mol. The first-order chi connectivity index (χ1) is 14.0. The summed E-state index contributed by atoms with van der Waals surface area (Å²) >= 11 is 0. The van der Waals surface area contributed by atoms with Crippen molar-refractivity contribution in [1.29, 1.82) is 0 Å². The molecule has 7 nitrogen and oxygen atoms in total. The standard InChI is InChI=1S/C22H22N4O3/c1-14-4-9-17(10-5-14)24-22(28)26-25-21(27)19-13-6-15(2)23-20(19)16-7-11-18(29-3)12-8-16/h4-13H,1-3H3,(H,25,27)(H2,24,26,28). The molecule has 0 aliphatic carbocycles. The van der Waals surface area contributed by atoms with Crippen molar-refractivity contribution >= 4 is 17.6 Å². The Morgan fingerprint density at radius 2 is 1.55 bits per heavy atom. The number of rotatable bonds is 4. The zero-order valence-corrected chi connectivity index (χ0v) is 16.4. The van der Waals surface area contributed by atoms with Crippen LogP contribution >= 0.6 is 0 Å². The number of pyridine rings is 1. The lowest BCUT2D eigenvalue weighted by molar-refractivity contribution is 0.0938. The molecule has 3 N–H and O–H groups in total. The van der Waals surface area contributed by atoms with Crippen LogP contribution in [0.1, 0.15) is 21.6 Å². The van der Waals surface area contributed by atoms with Crippen molar-refractivity contribution in [3.05, 3.63) is 77.5 Å². The second kappa shape index (κ2) is 8.88. The number of aromatic nitrogens is 1. The molecular formula is C22H22N4O3. The van der Waals surface area contributed by atoms with Gasteiger partial charge in [0.15, 0.2) is 0 Å². The minimum Gasteiger partial charge on any atom is -0.497 e. The Morgan fingerprint density at radius 3 is 2.21 bits per heavy atom. The van der Waals surface area contributed by atoms with Gasteiger partial charge in [-0.2, -0.15) is 0 Å². The van der Waals surface area contributed by atoms with E-state index in [0.29, 0.717) is 22.7 Å². The molecule has 0 radical (unpaired) electrons. The Morgan fingerprint density at radius 1 is 0.862 bits per heavy atom. The summed E-state index contributed by atoms with van der Waals surface area (Å²) in [6.07, 6.45) is 0. The summed E-state index contributed by atoms with van der Waals surface area (Å²) in [7, 11) is 1.59. The highest BCUT2D eigenvalue weighted by Gasteiger charge is 2.15.